The smallest absolute Gasteiger partial charge is 0.338 e. The van der Waals surface area contributed by atoms with E-state index in [1.165, 1.54) is 43.5 Å². The number of nitrogens with one attached hydrogen (secondary N) is 1. The summed E-state index contributed by atoms with van der Waals surface area (Å²) in [6, 6.07) is 10.7. The number of ether oxygens (including phenoxy) is 2. The maximum Gasteiger partial charge on any atom is 0.338 e. The van der Waals surface area contributed by atoms with Crippen LogP contribution in [0.25, 0.3) is 0 Å². The lowest BCUT2D eigenvalue weighted by Crippen LogP contribution is -2.13. The lowest BCUT2D eigenvalue weighted by molar-refractivity contribution is 0.0500. The second kappa shape index (κ2) is 9.22. The molecule has 2 aromatic carbocycles. The minimum absolute atomic E-state index is 0.130. The van der Waals surface area contributed by atoms with E-state index in [2.05, 4.69) is 4.72 Å². The summed E-state index contributed by atoms with van der Waals surface area (Å²) in [5, 5.41) is 0. The molecule has 2 aromatic rings. The normalized spacial score (nSPS) is 11.0. The Bertz CT molecular complexity index is 866. The van der Waals surface area contributed by atoms with E-state index in [1.54, 1.807) is 6.07 Å². The third-order valence-corrected chi connectivity index (χ3v) is 5.76. The number of sulfonamides is 1. The van der Waals surface area contributed by atoms with Crippen molar-refractivity contribution in [1.82, 2.24) is 0 Å². The van der Waals surface area contributed by atoms with Crippen LogP contribution in [0, 0.1) is 3.57 Å². The molecule has 0 unspecified atom stereocenters. The van der Waals surface area contributed by atoms with Crippen LogP contribution in [0.3, 0.4) is 0 Å². The number of esters is 1. The number of anilines is 1. The topological polar surface area (TPSA) is 81.7 Å². The van der Waals surface area contributed by atoms with Crippen molar-refractivity contribution in [2.24, 2.45) is 0 Å². The first kappa shape index (κ1) is 20.5. The molecule has 0 radical (unpaired) electrons. The van der Waals surface area contributed by atoms with Gasteiger partial charge in [-0.15, -0.1) is 0 Å². The third-order valence-electron chi connectivity index (χ3n) is 3.54. The number of benzene rings is 2. The molecule has 0 atom stereocenters. The van der Waals surface area contributed by atoms with Gasteiger partial charge in [0.25, 0.3) is 10.0 Å². The minimum atomic E-state index is -3.74. The summed E-state index contributed by atoms with van der Waals surface area (Å²) in [5.74, 6) is 0.188. The Hall–Kier alpha value is -1.81. The number of unbranched alkanes of at least 4 members (excludes halogenated alkanes) is 1. The number of hydrogen-bond donors (Lipinski definition) is 1. The predicted molar refractivity (Wildman–Crippen MR) is 108 cm³/mol. The molecule has 2 rings (SSSR count). The van der Waals surface area contributed by atoms with Gasteiger partial charge in [-0.1, -0.05) is 13.3 Å². The van der Waals surface area contributed by atoms with Crippen LogP contribution < -0.4 is 9.46 Å². The summed E-state index contributed by atoms with van der Waals surface area (Å²) in [6.45, 7) is 2.39. The van der Waals surface area contributed by atoms with Crippen LogP contribution in [0.4, 0.5) is 5.69 Å². The van der Waals surface area contributed by atoms with Crippen molar-refractivity contribution in [2.75, 3.05) is 18.4 Å². The number of rotatable bonds is 8. The summed E-state index contributed by atoms with van der Waals surface area (Å²) >= 11 is 2.01. The van der Waals surface area contributed by atoms with Crippen LogP contribution in [-0.2, 0) is 14.8 Å². The highest BCUT2D eigenvalue weighted by atomic mass is 127. The van der Waals surface area contributed by atoms with Gasteiger partial charge in [0.15, 0.2) is 0 Å². The van der Waals surface area contributed by atoms with Crippen LogP contribution in [0.1, 0.15) is 30.1 Å². The molecule has 0 bridgehead atoms. The Morgan fingerprint density at radius 1 is 1.15 bits per heavy atom. The molecule has 1 N–H and O–H groups in total. The van der Waals surface area contributed by atoms with Crippen molar-refractivity contribution in [2.45, 2.75) is 24.7 Å². The summed E-state index contributed by atoms with van der Waals surface area (Å²) in [7, 11) is -2.21. The Balaban J connectivity index is 2.10. The van der Waals surface area contributed by atoms with Gasteiger partial charge < -0.3 is 9.47 Å². The lowest BCUT2D eigenvalue weighted by Gasteiger charge is -2.10. The first-order valence-electron chi connectivity index (χ1n) is 8.01. The maximum absolute atomic E-state index is 12.5. The Morgan fingerprint density at radius 2 is 1.85 bits per heavy atom. The molecule has 0 heterocycles. The standard InChI is InChI=1S/C18H20INO5S/c1-3-4-11-25-18(21)13-5-7-14(8-6-13)20-26(22,23)15-9-10-17(24-2)16(19)12-15/h5-10,12,20H,3-4,11H2,1-2H3. The molecule has 0 aliphatic heterocycles. The molecule has 8 heteroatoms. The van der Waals surface area contributed by atoms with Crippen molar-refractivity contribution in [3.63, 3.8) is 0 Å². The van der Waals surface area contributed by atoms with Gasteiger partial charge >= 0.3 is 5.97 Å². The van der Waals surface area contributed by atoms with E-state index >= 15 is 0 Å². The quantitative estimate of drug-likeness (QED) is 0.344. The molecule has 6 nitrogen and oxygen atoms in total. The molecular weight excluding hydrogens is 469 g/mol. The molecule has 26 heavy (non-hydrogen) atoms. The highest BCUT2D eigenvalue weighted by molar-refractivity contribution is 14.1. The largest absolute Gasteiger partial charge is 0.496 e. The molecule has 0 saturated carbocycles. The molecule has 0 aromatic heterocycles. The van der Waals surface area contributed by atoms with E-state index in [-0.39, 0.29) is 4.90 Å². The molecule has 0 amide bonds. The van der Waals surface area contributed by atoms with Crippen molar-refractivity contribution < 1.29 is 22.7 Å². The summed E-state index contributed by atoms with van der Waals surface area (Å²) in [4.78, 5) is 12.0. The first-order chi connectivity index (χ1) is 12.4. The predicted octanol–water partition coefficient (Wildman–Crippen LogP) is 4.06. The molecule has 0 fully saturated rings. The fraction of sp³-hybridized carbons (Fsp3) is 0.278. The minimum Gasteiger partial charge on any atom is -0.496 e. The van der Waals surface area contributed by atoms with Gasteiger partial charge in [-0.2, -0.15) is 0 Å². The van der Waals surface area contributed by atoms with Crippen molar-refractivity contribution in [3.05, 3.63) is 51.6 Å². The molecule has 0 spiro atoms. The Labute approximate surface area is 167 Å². The average Bonchev–Trinajstić information content (AvgIpc) is 2.62. The zero-order valence-electron chi connectivity index (χ0n) is 14.5. The van der Waals surface area contributed by atoms with Crippen LogP contribution in [0.5, 0.6) is 5.75 Å². The van der Waals surface area contributed by atoms with E-state index < -0.39 is 16.0 Å². The molecule has 0 saturated heterocycles. The van der Waals surface area contributed by atoms with E-state index in [0.29, 0.717) is 27.2 Å². The second-order valence-corrected chi connectivity index (χ2v) is 8.31. The summed E-state index contributed by atoms with van der Waals surface area (Å²) < 4.78 is 38.4. The van der Waals surface area contributed by atoms with E-state index in [1.807, 2.05) is 29.5 Å². The maximum atomic E-state index is 12.5. The highest BCUT2D eigenvalue weighted by Gasteiger charge is 2.16. The van der Waals surface area contributed by atoms with Crippen molar-refractivity contribution >= 4 is 44.3 Å². The SMILES string of the molecule is CCCCOC(=O)c1ccc(NS(=O)(=O)c2ccc(OC)c(I)c2)cc1. The fourth-order valence-corrected chi connectivity index (χ4v) is 4.13. The van der Waals surface area contributed by atoms with Gasteiger partial charge in [0, 0.05) is 5.69 Å². The zero-order valence-corrected chi connectivity index (χ0v) is 17.5. The Kier molecular flexibility index (Phi) is 7.27. The number of carbonyl (C=O) groups is 1. The van der Waals surface area contributed by atoms with Crippen LogP contribution >= 0.6 is 22.6 Å². The molecular formula is C18H20INO5S. The van der Waals surface area contributed by atoms with Crippen molar-refractivity contribution in [3.8, 4) is 5.75 Å². The van der Waals surface area contributed by atoms with E-state index in [4.69, 9.17) is 9.47 Å². The number of halogens is 1. The Morgan fingerprint density at radius 3 is 2.42 bits per heavy atom. The zero-order chi connectivity index (χ0) is 19.2. The molecule has 140 valence electrons. The van der Waals surface area contributed by atoms with Gasteiger partial charge in [-0.25, -0.2) is 13.2 Å². The van der Waals surface area contributed by atoms with Crippen LogP contribution in [0.15, 0.2) is 47.4 Å². The molecule has 0 aliphatic rings. The monoisotopic (exact) mass is 489 g/mol. The molecule has 0 aliphatic carbocycles. The number of carbonyl (C=O) groups excluding carboxylic acids is 1. The van der Waals surface area contributed by atoms with Gasteiger partial charge in [0.2, 0.25) is 0 Å². The number of hydrogen-bond acceptors (Lipinski definition) is 5. The lowest BCUT2D eigenvalue weighted by atomic mass is 10.2. The summed E-state index contributed by atoms with van der Waals surface area (Å²) in [6.07, 6.45) is 1.75. The number of methoxy groups -OCH3 is 1. The van der Waals surface area contributed by atoms with Gasteiger partial charge in [-0.3, -0.25) is 4.72 Å². The van der Waals surface area contributed by atoms with Crippen molar-refractivity contribution in [1.29, 1.82) is 0 Å². The fourth-order valence-electron chi connectivity index (χ4n) is 2.10. The first-order valence-corrected chi connectivity index (χ1v) is 10.6. The van der Waals surface area contributed by atoms with Crippen LogP contribution in [-0.4, -0.2) is 28.1 Å². The van der Waals surface area contributed by atoms with Gasteiger partial charge in [0.05, 0.1) is 27.7 Å². The second-order valence-electron chi connectivity index (χ2n) is 5.47. The average molecular weight is 489 g/mol. The summed E-state index contributed by atoms with van der Waals surface area (Å²) in [5.41, 5.74) is 0.740. The van der Waals surface area contributed by atoms with Gasteiger partial charge in [0.1, 0.15) is 5.75 Å². The van der Waals surface area contributed by atoms with Crippen LogP contribution in [0.2, 0.25) is 0 Å². The van der Waals surface area contributed by atoms with E-state index in [0.717, 1.165) is 12.8 Å². The highest BCUT2D eigenvalue weighted by Crippen LogP contribution is 2.25. The van der Waals surface area contributed by atoms with Gasteiger partial charge in [-0.05, 0) is 71.5 Å². The van der Waals surface area contributed by atoms with E-state index in [9.17, 15) is 13.2 Å². The third kappa shape index (κ3) is 5.34.